The quantitative estimate of drug-likeness (QED) is 0.350. The van der Waals surface area contributed by atoms with Crippen LogP contribution >= 0.6 is 0 Å². The van der Waals surface area contributed by atoms with Gasteiger partial charge < -0.3 is 24.2 Å². The van der Waals surface area contributed by atoms with E-state index in [0.29, 0.717) is 31.3 Å². The number of fused-ring (bicyclic) bond motifs is 2. The van der Waals surface area contributed by atoms with E-state index in [1.165, 1.54) is 0 Å². The molecule has 0 saturated carbocycles. The van der Waals surface area contributed by atoms with Gasteiger partial charge in [-0.05, 0) is 48.4 Å². The van der Waals surface area contributed by atoms with Gasteiger partial charge in [0.1, 0.15) is 30.5 Å². The lowest BCUT2D eigenvalue weighted by Crippen LogP contribution is -2.41. The van der Waals surface area contributed by atoms with E-state index in [4.69, 9.17) is 14.2 Å². The Labute approximate surface area is 203 Å². The van der Waals surface area contributed by atoms with Gasteiger partial charge in [-0.25, -0.2) is 9.78 Å². The monoisotopic (exact) mass is 470 g/mol. The Morgan fingerprint density at radius 1 is 0.971 bits per heavy atom. The minimum atomic E-state index is -1.01. The van der Waals surface area contributed by atoms with Crippen LogP contribution < -0.4 is 19.1 Å². The number of carboxylic acids is 1. The van der Waals surface area contributed by atoms with Crippen LogP contribution in [0.3, 0.4) is 0 Å². The van der Waals surface area contributed by atoms with Crippen molar-refractivity contribution in [1.29, 1.82) is 0 Å². The lowest BCUT2D eigenvalue weighted by atomic mass is 10.2. The van der Waals surface area contributed by atoms with Crippen molar-refractivity contribution in [2.45, 2.75) is 32.8 Å². The van der Waals surface area contributed by atoms with Crippen LogP contribution in [0, 0.1) is 0 Å². The normalized spacial score (nSPS) is 14.4. The highest BCUT2D eigenvalue weighted by molar-refractivity contribution is 5.81. The molecule has 178 valence electrons. The molecule has 0 aliphatic carbocycles. The fourth-order valence-electron chi connectivity index (χ4n) is 4.12. The van der Waals surface area contributed by atoms with E-state index in [1.54, 1.807) is 17.0 Å². The lowest BCUT2D eigenvalue weighted by molar-refractivity contribution is -0.144. The molecule has 0 fully saturated rings. The van der Waals surface area contributed by atoms with Gasteiger partial charge in [-0.15, -0.1) is 0 Å². The van der Waals surface area contributed by atoms with Crippen LogP contribution in [0.25, 0.3) is 10.9 Å². The summed E-state index contributed by atoms with van der Waals surface area (Å²) in [5.74, 6) is 0.928. The van der Waals surface area contributed by atoms with Gasteiger partial charge in [0.15, 0.2) is 0 Å². The number of hydrogen-bond donors (Lipinski definition) is 1. The molecule has 7 heteroatoms. The molecule has 2 heterocycles. The smallest absolute Gasteiger partial charge is 0.366 e. The second-order valence-corrected chi connectivity index (χ2v) is 8.35. The number of ether oxygens (including phenoxy) is 3. The van der Waals surface area contributed by atoms with Crippen LogP contribution in [0.4, 0.5) is 5.69 Å². The zero-order valence-corrected chi connectivity index (χ0v) is 19.4. The first-order valence-corrected chi connectivity index (χ1v) is 11.6. The molecule has 0 radical (unpaired) electrons. The number of benzene rings is 3. The second kappa shape index (κ2) is 9.93. The molecule has 0 spiro atoms. The molecular formula is C28H26N2O5. The van der Waals surface area contributed by atoms with Gasteiger partial charge in [0.25, 0.3) is 6.23 Å². The fraction of sp³-hybridized carbons (Fsp3) is 0.214. The summed E-state index contributed by atoms with van der Waals surface area (Å²) in [5, 5.41) is 10.6. The number of carbonyl (C=O) groups is 1. The van der Waals surface area contributed by atoms with Crippen LogP contribution in [0.1, 0.15) is 24.6 Å². The third kappa shape index (κ3) is 4.99. The maximum Gasteiger partial charge on any atom is 0.366 e. The van der Waals surface area contributed by atoms with Crippen molar-refractivity contribution >= 4 is 22.6 Å². The number of rotatable bonds is 9. The number of hydrogen-bond acceptors (Lipinski definition) is 6. The first kappa shape index (κ1) is 22.5. The summed E-state index contributed by atoms with van der Waals surface area (Å²) in [7, 11) is 0. The van der Waals surface area contributed by atoms with E-state index in [1.807, 2.05) is 73.7 Å². The van der Waals surface area contributed by atoms with E-state index in [0.717, 1.165) is 40.0 Å². The Bertz CT molecular complexity index is 1360. The predicted molar refractivity (Wildman–Crippen MR) is 133 cm³/mol. The highest BCUT2D eigenvalue weighted by atomic mass is 16.5. The average Bonchev–Trinajstić information content (AvgIpc) is 3.25. The van der Waals surface area contributed by atoms with Gasteiger partial charge in [-0.1, -0.05) is 43.3 Å². The number of para-hydroxylation sites is 1. The zero-order valence-electron chi connectivity index (χ0n) is 19.4. The average molecular weight is 471 g/mol. The van der Waals surface area contributed by atoms with Gasteiger partial charge >= 0.3 is 5.97 Å². The molecule has 1 N–H and O–H groups in total. The van der Waals surface area contributed by atoms with E-state index in [9.17, 15) is 9.90 Å². The molecule has 35 heavy (non-hydrogen) atoms. The number of carboxylic acid groups (broad SMARTS) is 1. The van der Waals surface area contributed by atoms with Crippen LogP contribution in [0.2, 0.25) is 0 Å². The predicted octanol–water partition coefficient (Wildman–Crippen LogP) is 5.41. The number of anilines is 1. The highest BCUT2D eigenvalue weighted by Crippen LogP contribution is 2.40. The molecule has 7 nitrogen and oxygen atoms in total. The van der Waals surface area contributed by atoms with Crippen molar-refractivity contribution in [2.24, 2.45) is 0 Å². The largest absolute Gasteiger partial charge is 0.489 e. The summed E-state index contributed by atoms with van der Waals surface area (Å²) in [4.78, 5) is 18.0. The fourth-order valence-corrected chi connectivity index (χ4v) is 4.12. The Morgan fingerprint density at radius 2 is 1.80 bits per heavy atom. The first-order chi connectivity index (χ1) is 17.1. The van der Waals surface area contributed by atoms with Crippen molar-refractivity contribution in [2.75, 3.05) is 11.4 Å². The van der Waals surface area contributed by atoms with Gasteiger partial charge in [0.05, 0.1) is 16.9 Å². The van der Waals surface area contributed by atoms with Crippen molar-refractivity contribution in [3.05, 3.63) is 90.1 Å². The summed E-state index contributed by atoms with van der Waals surface area (Å²) in [6.07, 6.45) is -0.203. The molecule has 1 unspecified atom stereocenters. The molecule has 4 aromatic rings. The minimum absolute atomic E-state index is 0.348. The third-order valence-corrected chi connectivity index (χ3v) is 5.78. The molecule has 1 aliphatic heterocycles. The SMILES string of the molecule is CCCN1c2cc(OCc3cccc(OCc4ccc5ccccc5n4)c3)ccc2OC1C(=O)O. The number of pyridine rings is 1. The lowest BCUT2D eigenvalue weighted by Gasteiger charge is -2.21. The molecule has 3 aromatic carbocycles. The van der Waals surface area contributed by atoms with Crippen LogP contribution in [0.5, 0.6) is 17.2 Å². The van der Waals surface area contributed by atoms with Crippen molar-refractivity contribution in [3.63, 3.8) is 0 Å². The molecule has 1 aliphatic rings. The second-order valence-electron chi connectivity index (χ2n) is 8.35. The molecule has 0 saturated heterocycles. The summed E-state index contributed by atoms with van der Waals surface area (Å²) in [6, 6.07) is 25.2. The molecular weight excluding hydrogens is 444 g/mol. The highest BCUT2D eigenvalue weighted by Gasteiger charge is 2.36. The maximum atomic E-state index is 11.6. The van der Waals surface area contributed by atoms with E-state index in [2.05, 4.69) is 4.98 Å². The molecule has 0 bridgehead atoms. The number of nitrogens with zero attached hydrogens (tertiary/aromatic N) is 2. The maximum absolute atomic E-state index is 11.6. The Hall–Kier alpha value is -4.26. The zero-order chi connectivity index (χ0) is 24.2. The summed E-state index contributed by atoms with van der Waals surface area (Å²) in [6.45, 7) is 3.31. The summed E-state index contributed by atoms with van der Waals surface area (Å²) in [5.41, 5.74) is 3.50. The van der Waals surface area contributed by atoms with E-state index < -0.39 is 12.2 Å². The number of aromatic nitrogens is 1. The summed E-state index contributed by atoms with van der Waals surface area (Å²) < 4.78 is 17.6. The van der Waals surface area contributed by atoms with Crippen LogP contribution in [-0.4, -0.2) is 28.8 Å². The summed E-state index contributed by atoms with van der Waals surface area (Å²) >= 11 is 0. The standard InChI is InChI=1S/C28H26N2O5/c1-2-14-30-25-16-23(12-13-26(25)35-27(30)28(31)32)33-17-19-6-5-8-22(15-19)34-18-21-11-10-20-7-3-4-9-24(20)29-21/h3-13,15-16,27H,2,14,17-18H2,1H3,(H,31,32). The van der Waals surface area contributed by atoms with Crippen molar-refractivity contribution < 1.29 is 24.1 Å². The van der Waals surface area contributed by atoms with Gasteiger partial charge in [0, 0.05) is 18.0 Å². The molecule has 5 rings (SSSR count). The first-order valence-electron chi connectivity index (χ1n) is 11.6. The molecule has 1 atom stereocenters. The van der Waals surface area contributed by atoms with Crippen LogP contribution in [0.15, 0.2) is 78.9 Å². The Balaban J connectivity index is 1.23. The van der Waals surface area contributed by atoms with E-state index >= 15 is 0 Å². The van der Waals surface area contributed by atoms with Crippen molar-refractivity contribution in [3.8, 4) is 17.2 Å². The Kier molecular flexibility index (Phi) is 6.39. The molecule has 0 amide bonds. The van der Waals surface area contributed by atoms with Crippen LogP contribution in [-0.2, 0) is 18.0 Å². The van der Waals surface area contributed by atoms with Gasteiger partial charge in [-0.2, -0.15) is 0 Å². The Morgan fingerprint density at radius 3 is 2.66 bits per heavy atom. The minimum Gasteiger partial charge on any atom is -0.489 e. The third-order valence-electron chi connectivity index (χ3n) is 5.78. The topological polar surface area (TPSA) is 81.1 Å². The number of aliphatic carboxylic acids is 1. The van der Waals surface area contributed by atoms with E-state index in [-0.39, 0.29) is 0 Å². The van der Waals surface area contributed by atoms with Crippen molar-refractivity contribution in [1.82, 2.24) is 4.98 Å². The molecule has 1 aromatic heterocycles. The van der Waals surface area contributed by atoms with Gasteiger partial charge in [0.2, 0.25) is 0 Å². The van der Waals surface area contributed by atoms with Gasteiger partial charge in [-0.3, -0.25) is 0 Å².